The normalized spacial score (nSPS) is 12.3. The molecule has 0 amide bonds. The number of carboxylic acids is 1. The molecule has 0 aliphatic carbocycles. The van der Waals surface area contributed by atoms with Crippen molar-refractivity contribution >= 4 is 5.97 Å². The largest absolute Gasteiger partial charge is 0.481 e. The van der Waals surface area contributed by atoms with Crippen LogP contribution in [0, 0.1) is 10.1 Å². The Hall–Kier alpha value is -1.91. The van der Waals surface area contributed by atoms with Crippen LogP contribution in [0.4, 0.5) is 0 Å². The third-order valence-corrected chi connectivity index (χ3v) is 3.38. The van der Waals surface area contributed by atoms with Crippen molar-refractivity contribution in [1.29, 1.82) is 0 Å². The van der Waals surface area contributed by atoms with E-state index in [0.717, 1.165) is 44.9 Å². The molecule has 130 valence electrons. The lowest BCUT2D eigenvalue weighted by atomic mass is 10.1. The number of rotatable bonds is 14. The van der Waals surface area contributed by atoms with E-state index in [9.17, 15) is 14.9 Å². The molecule has 0 aromatic rings. The Bertz CT molecular complexity index is 425. The topological polar surface area (TPSA) is 80.4 Å². The second-order valence-corrected chi connectivity index (χ2v) is 5.44. The van der Waals surface area contributed by atoms with Gasteiger partial charge in [0.25, 0.3) is 0 Å². The summed E-state index contributed by atoms with van der Waals surface area (Å²) in [6, 6.07) is 0. The van der Waals surface area contributed by atoms with Gasteiger partial charge in [-0.3, -0.25) is 14.9 Å². The maximum absolute atomic E-state index is 10.9. The zero-order valence-electron chi connectivity index (χ0n) is 14.1. The lowest BCUT2D eigenvalue weighted by Gasteiger charge is -1.98. The summed E-state index contributed by atoms with van der Waals surface area (Å²) in [5.74, 6) is -0.722. The fourth-order valence-corrected chi connectivity index (χ4v) is 2.09. The van der Waals surface area contributed by atoms with Crippen molar-refractivity contribution in [3.63, 3.8) is 0 Å². The highest BCUT2D eigenvalue weighted by atomic mass is 16.6. The Morgan fingerprint density at radius 1 is 1.04 bits per heavy atom. The van der Waals surface area contributed by atoms with Crippen molar-refractivity contribution in [2.75, 3.05) is 0 Å². The van der Waals surface area contributed by atoms with Gasteiger partial charge in [-0.2, -0.15) is 0 Å². The van der Waals surface area contributed by atoms with Crippen molar-refractivity contribution in [1.82, 2.24) is 0 Å². The predicted octanol–water partition coefficient (Wildman–Crippen LogP) is 5.26. The van der Waals surface area contributed by atoms with E-state index in [2.05, 4.69) is 6.08 Å². The van der Waals surface area contributed by atoms with Gasteiger partial charge < -0.3 is 5.11 Å². The van der Waals surface area contributed by atoms with Crippen molar-refractivity contribution in [3.8, 4) is 0 Å². The van der Waals surface area contributed by atoms with Crippen molar-refractivity contribution in [2.45, 2.75) is 71.1 Å². The van der Waals surface area contributed by atoms with E-state index in [1.54, 1.807) is 6.08 Å². The Labute approximate surface area is 138 Å². The van der Waals surface area contributed by atoms with Crippen LogP contribution in [0.25, 0.3) is 0 Å². The zero-order chi connectivity index (χ0) is 17.3. The van der Waals surface area contributed by atoms with Crippen LogP contribution in [-0.2, 0) is 4.79 Å². The first-order valence-corrected chi connectivity index (χ1v) is 8.43. The van der Waals surface area contributed by atoms with Crippen LogP contribution in [-0.4, -0.2) is 16.0 Å². The second kappa shape index (κ2) is 15.0. The molecule has 0 saturated carbocycles. The third-order valence-electron chi connectivity index (χ3n) is 3.38. The molecule has 0 saturated heterocycles. The average molecular weight is 323 g/mol. The summed E-state index contributed by atoms with van der Waals surface area (Å²) in [7, 11) is 0. The van der Waals surface area contributed by atoms with Gasteiger partial charge >= 0.3 is 5.97 Å². The van der Waals surface area contributed by atoms with Crippen molar-refractivity contribution < 1.29 is 14.8 Å². The molecule has 0 atom stereocenters. The van der Waals surface area contributed by atoms with Crippen LogP contribution in [0.2, 0.25) is 0 Å². The van der Waals surface area contributed by atoms with Gasteiger partial charge in [-0.15, -0.1) is 0 Å². The van der Waals surface area contributed by atoms with E-state index in [1.807, 2.05) is 25.2 Å². The van der Waals surface area contributed by atoms with E-state index in [4.69, 9.17) is 5.11 Å². The van der Waals surface area contributed by atoms with Crippen LogP contribution >= 0.6 is 0 Å². The lowest BCUT2D eigenvalue weighted by molar-refractivity contribution is -0.427. The van der Waals surface area contributed by atoms with Gasteiger partial charge in [0.05, 0.1) is 11.3 Å². The van der Waals surface area contributed by atoms with Gasteiger partial charge in [-0.25, -0.2) is 0 Å². The van der Waals surface area contributed by atoms with Gasteiger partial charge in [-0.05, 0) is 38.2 Å². The SMILES string of the molecule is CC/C=C\C/C(=C\C/C=C\CCCCCCCC(=O)O)[N+](=O)[O-]. The van der Waals surface area contributed by atoms with Gasteiger partial charge in [0.1, 0.15) is 0 Å². The van der Waals surface area contributed by atoms with Gasteiger partial charge in [0.15, 0.2) is 0 Å². The predicted molar refractivity (Wildman–Crippen MR) is 92.8 cm³/mol. The molecular formula is C18H29NO4. The summed E-state index contributed by atoms with van der Waals surface area (Å²) < 4.78 is 0. The molecule has 0 aromatic heterocycles. The number of nitrogens with zero attached hydrogens (tertiary/aromatic N) is 1. The number of unbranched alkanes of at least 4 members (excludes halogenated alkanes) is 5. The smallest absolute Gasteiger partial charge is 0.303 e. The Morgan fingerprint density at radius 2 is 1.74 bits per heavy atom. The number of nitro groups is 1. The highest BCUT2D eigenvalue weighted by molar-refractivity contribution is 5.66. The first kappa shape index (κ1) is 21.1. The monoisotopic (exact) mass is 323 g/mol. The maximum atomic E-state index is 10.9. The minimum absolute atomic E-state index is 0.248. The van der Waals surface area contributed by atoms with E-state index in [1.165, 1.54) is 0 Å². The summed E-state index contributed by atoms with van der Waals surface area (Å²) in [6.07, 6.45) is 17.5. The molecule has 0 spiro atoms. The fourth-order valence-electron chi connectivity index (χ4n) is 2.09. The van der Waals surface area contributed by atoms with Crippen LogP contribution < -0.4 is 0 Å². The minimum Gasteiger partial charge on any atom is -0.481 e. The highest BCUT2D eigenvalue weighted by Gasteiger charge is 2.06. The fraction of sp³-hybridized carbons (Fsp3) is 0.611. The van der Waals surface area contributed by atoms with Crippen molar-refractivity contribution in [3.05, 3.63) is 46.2 Å². The maximum Gasteiger partial charge on any atom is 0.303 e. The first-order valence-electron chi connectivity index (χ1n) is 8.43. The first-order chi connectivity index (χ1) is 11.1. The van der Waals surface area contributed by atoms with E-state index in [-0.39, 0.29) is 17.0 Å². The highest BCUT2D eigenvalue weighted by Crippen LogP contribution is 2.09. The minimum atomic E-state index is -0.722. The molecule has 23 heavy (non-hydrogen) atoms. The molecule has 0 fully saturated rings. The van der Waals surface area contributed by atoms with Crippen LogP contribution in [0.3, 0.4) is 0 Å². The lowest BCUT2D eigenvalue weighted by Crippen LogP contribution is -1.97. The molecule has 0 unspecified atom stereocenters. The number of carbonyl (C=O) groups is 1. The van der Waals surface area contributed by atoms with Gasteiger partial charge in [0, 0.05) is 6.42 Å². The van der Waals surface area contributed by atoms with Crippen molar-refractivity contribution in [2.24, 2.45) is 0 Å². The van der Waals surface area contributed by atoms with Gasteiger partial charge in [-0.1, -0.05) is 50.5 Å². The van der Waals surface area contributed by atoms with E-state index >= 15 is 0 Å². The molecule has 0 heterocycles. The van der Waals surface area contributed by atoms with E-state index in [0.29, 0.717) is 12.8 Å². The number of allylic oxidation sites excluding steroid dienone is 5. The Balaban J connectivity index is 3.74. The summed E-state index contributed by atoms with van der Waals surface area (Å²) in [5, 5.41) is 19.4. The average Bonchev–Trinajstić information content (AvgIpc) is 2.50. The number of aliphatic carboxylic acids is 1. The molecule has 5 nitrogen and oxygen atoms in total. The summed E-state index contributed by atoms with van der Waals surface area (Å²) >= 11 is 0. The molecule has 0 radical (unpaired) electrons. The van der Waals surface area contributed by atoms with Gasteiger partial charge in [0.2, 0.25) is 5.70 Å². The molecule has 0 rings (SSSR count). The molecule has 0 aliphatic rings. The molecule has 1 N–H and O–H groups in total. The summed E-state index contributed by atoms with van der Waals surface area (Å²) in [4.78, 5) is 20.9. The summed E-state index contributed by atoms with van der Waals surface area (Å²) in [6.45, 7) is 2.00. The zero-order valence-corrected chi connectivity index (χ0v) is 14.1. The third kappa shape index (κ3) is 14.8. The molecule has 0 aromatic carbocycles. The number of hydrogen-bond acceptors (Lipinski definition) is 3. The molecule has 5 heteroatoms. The number of carboxylic acid groups (broad SMARTS) is 1. The molecule has 0 bridgehead atoms. The van der Waals surface area contributed by atoms with Crippen LogP contribution in [0.15, 0.2) is 36.1 Å². The van der Waals surface area contributed by atoms with E-state index < -0.39 is 5.97 Å². The standard InChI is InChI=1S/C18H29NO4/c1-2-3-11-14-17(19(22)23)15-12-9-7-5-4-6-8-10-13-16-18(20)21/h3,7,9,11,15H,2,4-6,8,10,12-14,16H2,1H3,(H,20,21)/b9-7-,11-3-,17-15+. The van der Waals surface area contributed by atoms with Crippen LogP contribution in [0.1, 0.15) is 71.1 Å². The van der Waals surface area contributed by atoms with Crippen LogP contribution in [0.5, 0.6) is 0 Å². The molecule has 0 aliphatic heterocycles. The molecular weight excluding hydrogens is 294 g/mol. The quantitative estimate of drug-likeness (QED) is 0.204. The second-order valence-electron chi connectivity index (χ2n) is 5.44. The Kier molecular flexibility index (Phi) is 13.8. The number of hydrogen-bond donors (Lipinski definition) is 1. The summed E-state index contributed by atoms with van der Waals surface area (Å²) in [5.41, 5.74) is 0.248. The Morgan fingerprint density at radius 3 is 2.39 bits per heavy atom.